The number of halogens is 4. The molecule has 37 heavy (non-hydrogen) atoms. The van der Waals surface area contributed by atoms with Gasteiger partial charge in [0.05, 0.1) is 18.1 Å². The van der Waals surface area contributed by atoms with E-state index in [4.69, 9.17) is 4.74 Å². The minimum atomic E-state index is -4.58. The van der Waals surface area contributed by atoms with Crippen LogP contribution in [0.1, 0.15) is 30.6 Å². The number of piperazine rings is 1. The van der Waals surface area contributed by atoms with E-state index in [1.807, 2.05) is 0 Å². The van der Waals surface area contributed by atoms with Crippen LogP contribution in [0, 0.1) is 0 Å². The molecule has 0 aromatic carbocycles. The van der Waals surface area contributed by atoms with Gasteiger partial charge in [-0.3, -0.25) is 24.3 Å². The molecule has 10 nitrogen and oxygen atoms in total. The Morgan fingerprint density at radius 1 is 1.22 bits per heavy atom. The first kappa shape index (κ1) is 30.2. The molecular weight excluding hydrogens is 563 g/mol. The third kappa shape index (κ3) is 9.11. The van der Waals surface area contributed by atoms with Crippen molar-refractivity contribution in [2.45, 2.75) is 38.0 Å². The van der Waals surface area contributed by atoms with Crippen molar-refractivity contribution in [1.29, 1.82) is 0 Å². The van der Waals surface area contributed by atoms with Gasteiger partial charge in [-0.05, 0) is 35.8 Å². The Morgan fingerprint density at radius 2 is 1.92 bits per heavy atom. The maximum Gasteiger partial charge on any atom is 0.410 e. The molecule has 0 saturated carbocycles. The lowest BCUT2D eigenvalue weighted by atomic mass is 9.97. The molecule has 0 radical (unpaired) electrons. The molecule has 1 aliphatic heterocycles. The van der Waals surface area contributed by atoms with Crippen LogP contribution in [0.4, 0.5) is 18.0 Å². The summed E-state index contributed by atoms with van der Waals surface area (Å²) in [7, 11) is 0. The Kier molecular flexibility index (Phi) is 10.6. The molecule has 3 amide bonds. The van der Waals surface area contributed by atoms with Gasteiger partial charge < -0.3 is 20.3 Å². The molecular formula is C23H29BrF3N5O5. The highest BCUT2D eigenvalue weighted by atomic mass is 79.9. The monoisotopic (exact) mass is 591 g/mol. The highest BCUT2D eigenvalue weighted by Gasteiger charge is 2.42. The number of carbonyl (C=O) groups excluding carboxylic acids is 4. The maximum atomic E-state index is 13.0. The zero-order valence-electron chi connectivity index (χ0n) is 20.4. The molecule has 1 fully saturated rings. The van der Waals surface area contributed by atoms with Crippen molar-refractivity contribution in [1.82, 2.24) is 25.4 Å². The molecule has 2 heterocycles. The average molecular weight is 592 g/mol. The number of aromatic nitrogens is 1. The number of hydrogen-bond donors (Lipinski definition) is 2. The predicted molar refractivity (Wildman–Crippen MR) is 131 cm³/mol. The molecule has 1 atom stereocenters. The van der Waals surface area contributed by atoms with Crippen molar-refractivity contribution in [3.05, 3.63) is 41.2 Å². The third-order valence-corrected chi connectivity index (χ3v) is 6.17. The number of pyridine rings is 1. The number of ketones is 1. The normalized spacial score (nSPS) is 16.6. The highest BCUT2D eigenvalue weighted by molar-refractivity contribution is 9.10. The summed E-state index contributed by atoms with van der Waals surface area (Å²) < 4.78 is 43.2. The number of hydrogen-bond acceptors (Lipinski definition) is 7. The van der Waals surface area contributed by atoms with E-state index < -0.39 is 48.6 Å². The number of nitrogens with one attached hydrogen (secondary N) is 2. The van der Waals surface area contributed by atoms with E-state index >= 15 is 0 Å². The Labute approximate surface area is 220 Å². The molecule has 2 rings (SSSR count). The zero-order valence-corrected chi connectivity index (χ0v) is 22.0. The number of carbonyl (C=O) groups is 4. The van der Waals surface area contributed by atoms with E-state index in [2.05, 4.69) is 32.8 Å². The van der Waals surface area contributed by atoms with Gasteiger partial charge in [-0.1, -0.05) is 12.7 Å². The first-order valence-electron chi connectivity index (χ1n) is 11.3. The summed E-state index contributed by atoms with van der Waals surface area (Å²) in [6.45, 7) is 5.10. The van der Waals surface area contributed by atoms with E-state index in [0.29, 0.717) is 10.0 Å². The molecule has 1 aliphatic rings. The summed E-state index contributed by atoms with van der Waals surface area (Å²) in [4.78, 5) is 57.0. The Hall–Kier alpha value is -3.00. The second-order valence-electron chi connectivity index (χ2n) is 8.81. The van der Waals surface area contributed by atoms with Gasteiger partial charge in [-0.15, -0.1) is 0 Å². The van der Waals surface area contributed by atoms with Gasteiger partial charge in [0.2, 0.25) is 11.8 Å². The zero-order chi connectivity index (χ0) is 27.8. The van der Waals surface area contributed by atoms with Gasteiger partial charge in [0.25, 0.3) is 0 Å². The Morgan fingerprint density at radius 3 is 2.54 bits per heavy atom. The van der Waals surface area contributed by atoms with Gasteiger partial charge in [0, 0.05) is 48.5 Å². The summed E-state index contributed by atoms with van der Waals surface area (Å²) in [5.41, 5.74) is -0.864. The van der Waals surface area contributed by atoms with E-state index in [0.717, 1.165) is 0 Å². The van der Waals surface area contributed by atoms with Gasteiger partial charge in [-0.25, -0.2) is 4.79 Å². The van der Waals surface area contributed by atoms with E-state index in [-0.39, 0.29) is 38.6 Å². The van der Waals surface area contributed by atoms with Crippen LogP contribution in [0.15, 0.2) is 35.6 Å². The molecule has 1 saturated heterocycles. The molecule has 0 spiro atoms. The quantitative estimate of drug-likeness (QED) is 0.316. The van der Waals surface area contributed by atoms with Crippen LogP contribution >= 0.6 is 15.9 Å². The van der Waals surface area contributed by atoms with Gasteiger partial charge in [-0.2, -0.15) is 13.2 Å². The minimum Gasteiger partial charge on any atom is -0.445 e. The van der Waals surface area contributed by atoms with Crippen LogP contribution in [0.5, 0.6) is 0 Å². The number of Topliss-reactive ketones (excluding diaryl/α,β-unsaturated/α-hetero) is 1. The molecule has 0 aliphatic carbocycles. The second-order valence-corrected chi connectivity index (χ2v) is 9.73. The Balaban J connectivity index is 2.09. The number of ether oxygens (including phenoxy) is 1. The van der Waals surface area contributed by atoms with Gasteiger partial charge in [0.1, 0.15) is 13.2 Å². The molecule has 204 valence electrons. The van der Waals surface area contributed by atoms with Crippen LogP contribution in [0.25, 0.3) is 0 Å². The lowest BCUT2D eigenvalue weighted by Gasteiger charge is -2.46. The lowest BCUT2D eigenvalue weighted by molar-refractivity contribution is -0.140. The molecule has 14 heteroatoms. The van der Waals surface area contributed by atoms with Crippen molar-refractivity contribution < 1.29 is 37.1 Å². The predicted octanol–water partition coefficient (Wildman–Crippen LogP) is 2.30. The number of rotatable bonds is 10. The molecule has 2 N–H and O–H groups in total. The minimum absolute atomic E-state index is 0.00649. The van der Waals surface area contributed by atoms with E-state index in [9.17, 15) is 32.3 Å². The first-order valence-corrected chi connectivity index (χ1v) is 12.1. The van der Waals surface area contributed by atoms with Crippen LogP contribution in [-0.4, -0.2) is 95.6 Å². The summed E-state index contributed by atoms with van der Waals surface area (Å²) in [5.74, 6) is -1.74. The van der Waals surface area contributed by atoms with Crippen molar-refractivity contribution in [3.63, 3.8) is 0 Å². The Bertz CT molecular complexity index is 1020. The molecule has 0 unspecified atom stereocenters. The van der Waals surface area contributed by atoms with Crippen molar-refractivity contribution in [3.8, 4) is 0 Å². The van der Waals surface area contributed by atoms with E-state index in [1.54, 1.807) is 30.1 Å². The van der Waals surface area contributed by atoms with E-state index in [1.165, 1.54) is 23.4 Å². The summed E-state index contributed by atoms with van der Waals surface area (Å²) in [6.07, 6.45) is -1.50. The summed E-state index contributed by atoms with van der Waals surface area (Å²) in [5, 5.41) is 4.40. The van der Waals surface area contributed by atoms with Crippen molar-refractivity contribution in [2.24, 2.45) is 0 Å². The van der Waals surface area contributed by atoms with Crippen LogP contribution in [-0.2, 0) is 14.3 Å². The van der Waals surface area contributed by atoms with Crippen LogP contribution in [0.2, 0.25) is 0 Å². The second kappa shape index (κ2) is 13.0. The third-order valence-electron chi connectivity index (χ3n) is 5.73. The van der Waals surface area contributed by atoms with Crippen LogP contribution < -0.4 is 10.6 Å². The SMILES string of the molecule is C=CCOC(=O)N1CCN(C(C)(C)C(=O)NCC(=O)c2cncc(Br)c2)C[C@H]1CC(=O)NCC(F)(F)F. The van der Waals surface area contributed by atoms with Crippen molar-refractivity contribution in [2.75, 3.05) is 39.3 Å². The first-order chi connectivity index (χ1) is 17.2. The molecule has 1 aromatic rings. The number of amides is 3. The summed E-state index contributed by atoms with van der Waals surface area (Å²) in [6, 6.07) is 0.715. The average Bonchev–Trinajstić information content (AvgIpc) is 2.83. The standard InChI is InChI=1S/C23H29BrF3N5O5/c1-4-7-37-21(36)32-6-5-31(13-17(32)9-19(34)30-14-23(25,26)27)22(2,3)20(35)29-12-18(33)15-8-16(24)11-28-10-15/h4,8,10-11,17H,1,5-7,9,12-14H2,2-3H3,(H,29,35)(H,30,34)/t17-/m1/s1. The van der Waals surface area contributed by atoms with Gasteiger partial charge in [0.15, 0.2) is 5.78 Å². The maximum absolute atomic E-state index is 13.0. The number of alkyl halides is 3. The largest absolute Gasteiger partial charge is 0.445 e. The lowest BCUT2D eigenvalue weighted by Crippen LogP contribution is -2.64. The fraction of sp³-hybridized carbons (Fsp3) is 0.522. The fourth-order valence-corrected chi connectivity index (χ4v) is 4.03. The molecule has 0 bridgehead atoms. The number of nitrogens with zero attached hydrogens (tertiary/aromatic N) is 3. The fourth-order valence-electron chi connectivity index (χ4n) is 3.66. The van der Waals surface area contributed by atoms with Crippen LogP contribution in [0.3, 0.4) is 0 Å². The van der Waals surface area contributed by atoms with Gasteiger partial charge >= 0.3 is 12.3 Å². The topological polar surface area (TPSA) is 121 Å². The molecule has 1 aromatic heterocycles. The highest BCUT2D eigenvalue weighted by Crippen LogP contribution is 2.23. The summed E-state index contributed by atoms with van der Waals surface area (Å²) >= 11 is 3.23. The smallest absolute Gasteiger partial charge is 0.410 e. The van der Waals surface area contributed by atoms with Crippen molar-refractivity contribution >= 4 is 39.6 Å².